The lowest BCUT2D eigenvalue weighted by molar-refractivity contribution is 0.0689. The van der Waals surface area contributed by atoms with E-state index < -0.39 is 5.97 Å². The second kappa shape index (κ2) is 4.53. The van der Waals surface area contributed by atoms with Gasteiger partial charge < -0.3 is 15.4 Å². The van der Waals surface area contributed by atoms with Gasteiger partial charge in [-0.3, -0.25) is 0 Å². The lowest BCUT2D eigenvalue weighted by atomic mass is 10.3. The van der Waals surface area contributed by atoms with Crippen LogP contribution in [0.5, 0.6) is 0 Å². The molecule has 2 aromatic heterocycles. The smallest absolute Gasteiger partial charge is 0.358 e. The predicted molar refractivity (Wildman–Crippen MR) is 59.7 cm³/mol. The van der Waals surface area contributed by atoms with E-state index in [1.807, 2.05) is 14.0 Å². The number of nitrogens with two attached hydrogens (primary N) is 1. The molecule has 0 saturated carbocycles. The van der Waals surface area contributed by atoms with Crippen LogP contribution < -0.4 is 5.73 Å². The molecule has 0 aliphatic heterocycles. The summed E-state index contributed by atoms with van der Waals surface area (Å²) in [6, 6.07) is 0. The molecule has 0 aliphatic rings. The number of nitrogens with zero attached hydrogens (tertiary/aromatic N) is 6. The molecule has 2 rings (SSSR count). The summed E-state index contributed by atoms with van der Waals surface area (Å²) in [6.07, 6.45) is 0. The number of rotatable bonds is 4. The Morgan fingerprint density at radius 3 is 2.61 bits per heavy atom. The Morgan fingerprint density at radius 2 is 2.11 bits per heavy atom. The van der Waals surface area contributed by atoms with Gasteiger partial charge in [0.2, 0.25) is 0 Å². The van der Waals surface area contributed by atoms with Gasteiger partial charge in [0.25, 0.3) is 0 Å². The molecule has 2 heterocycles. The van der Waals surface area contributed by atoms with Gasteiger partial charge in [-0.05, 0) is 6.92 Å². The van der Waals surface area contributed by atoms with Crippen LogP contribution in [0.3, 0.4) is 0 Å². The minimum atomic E-state index is -1.14. The van der Waals surface area contributed by atoms with Gasteiger partial charge in [0.15, 0.2) is 11.5 Å². The second-order valence-electron chi connectivity index (χ2n) is 3.77. The van der Waals surface area contributed by atoms with Crippen molar-refractivity contribution in [2.24, 2.45) is 12.8 Å². The van der Waals surface area contributed by atoms with Crippen LogP contribution in [0.4, 0.5) is 0 Å². The number of aromatic carboxylic acids is 1. The van der Waals surface area contributed by atoms with Crippen LogP contribution in [0.15, 0.2) is 0 Å². The van der Waals surface area contributed by atoms with Crippen LogP contribution in [0.1, 0.15) is 27.8 Å². The molecule has 0 fully saturated rings. The minimum absolute atomic E-state index is 0.0471. The predicted octanol–water partition coefficient (Wildman–Crippen LogP) is -1.08. The van der Waals surface area contributed by atoms with Crippen molar-refractivity contribution in [2.75, 3.05) is 0 Å². The second-order valence-corrected chi connectivity index (χ2v) is 3.77. The molecule has 2 aromatic rings. The third-order valence-electron chi connectivity index (χ3n) is 2.71. The zero-order valence-electron chi connectivity index (χ0n) is 10.0. The van der Waals surface area contributed by atoms with E-state index in [1.54, 1.807) is 4.57 Å². The van der Waals surface area contributed by atoms with Gasteiger partial charge in [-0.15, -0.1) is 15.3 Å². The van der Waals surface area contributed by atoms with Crippen molar-refractivity contribution in [1.82, 2.24) is 29.8 Å². The van der Waals surface area contributed by atoms with E-state index in [9.17, 15) is 4.79 Å². The van der Waals surface area contributed by atoms with Crippen LogP contribution in [0.2, 0.25) is 0 Å². The van der Waals surface area contributed by atoms with Gasteiger partial charge in [-0.1, -0.05) is 5.21 Å². The fraction of sp³-hybridized carbons (Fsp3) is 0.444. The molecule has 18 heavy (non-hydrogen) atoms. The van der Waals surface area contributed by atoms with Crippen molar-refractivity contribution in [3.63, 3.8) is 0 Å². The van der Waals surface area contributed by atoms with Crippen LogP contribution in [0, 0.1) is 6.92 Å². The van der Waals surface area contributed by atoms with Gasteiger partial charge >= 0.3 is 5.97 Å². The van der Waals surface area contributed by atoms with E-state index >= 15 is 0 Å². The molecule has 96 valence electrons. The Balaban J connectivity index is 2.35. The summed E-state index contributed by atoms with van der Waals surface area (Å²) in [4.78, 5) is 10.9. The number of hydrogen-bond acceptors (Lipinski definition) is 6. The first kappa shape index (κ1) is 12.2. The molecule has 0 unspecified atom stereocenters. The summed E-state index contributed by atoms with van der Waals surface area (Å²) in [5.74, 6) is 0.276. The van der Waals surface area contributed by atoms with E-state index in [4.69, 9.17) is 10.8 Å². The van der Waals surface area contributed by atoms with E-state index in [1.165, 1.54) is 4.68 Å². The largest absolute Gasteiger partial charge is 0.476 e. The summed E-state index contributed by atoms with van der Waals surface area (Å²) < 4.78 is 3.22. The monoisotopic (exact) mass is 251 g/mol. The maximum absolute atomic E-state index is 10.9. The third-order valence-corrected chi connectivity index (χ3v) is 2.71. The Bertz CT molecular complexity index is 586. The highest BCUT2D eigenvalue weighted by Gasteiger charge is 2.19. The molecule has 9 heteroatoms. The number of carbonyl (C=O) groups is 1. The highest BCUT2D eigenvalue weighted by Crippen LogP contribution is 2.07. The molecule has 0 aliphatic carbocycles. The summed E-state index contributed by atoms with van der Waals surface area (Å²) in [7, 11) is 1.82. The van der Waals surface area contributed by atoms with E-state index in [2.05, 4.69) is 20.5 Å². The van der Waals surface area contributed by atoms with Gasteiger partial charge in [0.1, 0.15) is 12.4 Å². The van der Waals surface area contributed by atoms with Crippen molar-refractivity contribution in [3.8, 4) is 0 Å². The van der Waals surface area contributed by atoms with Crippen molar-refractivity contribution in [2.45, 2.75) is 20.0 Å². The Kier molecular flexibility index (Phi) is 3.06. The lowest BCUT2D eigenvalue weighted by Gasteiger charge is -2.04. The standard InChI is InChI=1S/C9H13N7O2/c1-5-11-12-7(15(5)2)4-16-6(3-10)8(9(17)18)13-14-16/h3-4,10H2,1-2H3,(H,17,18). The third kappa shape index (κ3) is 1.95. The molecule has 0 saturated heterocycles. The van der Waals surface area contributed by atoms with E-state index in [-0.39, 0.29) is 18.8 Å². The number of carboxylic acid groups (broad SMARTS) is 1. The zero-order chi connectivity index (χ0) is 13.3. The van der Waals surface area contributed by atoms with Crippen LogP contribution >= 0.6 is 0 Å². The van der Waals surface area contributed by atoms with Crippen LogP contribution in [0.25, 0.3) is 0 Å². The molecule has 0 spiro atoms. The maximum atomic E-state index is 10.9. The molecule has 9 nitrogen and oxygen atoms in total. The summed E-state index contributed by atoms with van der Waals surface area (Å²) >= 11 is 0. The highest BCUT2D eigenvalue weighted by molar-refractivity contribution is 5.86. The van der Waals surface area contributed by atoms with Gasteiger partial charge in [-0.25, -0.2) is 9.48 Å². The number of aryl methyl sites for hydroxylation is 1. The zero-order valence-corrected chi connectivity index (χ0v) is 10.0. The van der Waals surface area contributed by atoms with Gasteiger partial charge in [0, 0.05) is 13.6 Å². The van der Waals surface area contributed by atoms with Crippen molar-refractivity contribution in [1.29, 1.82) is 0 Å². The molecule has 0 bridgehead atoms. The molecule has 0 aromatic carbocycles. The first-order chi connectivity index (χ1) is 8.54. The maximum Gasteiger partial charge on any atom is 0.358 e. The fourth-order valence-corrected chi connectivity index (χ4v) is 1.55. The van der Waals surface area contributed by atoms with Crippen LogP contribution in [-0.2, 0) is 20.1 Å². The highest BCUT2D eigenvalue weighted by atomic mass is 16.4. The van der Waals surface area contributed by atoms with Gasteiger partial charge in [0.05, 0.1) is 5.69 Å². The van der Waals surface area contributed by atoms with Crippen molar-refractivity contribution >= 4 is 5.97 Å². The van der Waals surface area contributed by atoms with Crippen LogP contribution in [-0.4, -0.2) is 40.8 Å². The molecule has 0 radical (unpaired) electrons. The molecular formula is C9H13N7O2. The average molecular weight is 251 g/mol. The number of hydrogen-bond donors (Lipinski definition) is 2. The average Bonchev–Trinajstić information content (AvgIpc) is 2.87. The molecule has 0 atom stereocenters. The van der Waals surface area contributed by atoms with Gasteiger partial charge in [-0.2, -0.15) is 0 Å². The first-order valence-electron chi connectivity index (χ1n) is 5.25. The Hall–Kier alpha value is -2.29. The Labute approximate surface area is 102 Å². The Morgan fingerprint density at radius 1 is 1.39 bits per heavy atom. The molecule has 3 N–H and O–H groups in total. The normalized spacial score (nSPS) is 10.8. The number of carboxylic acids is 1. The minimum Gasteiger partial charge on any atom is -0.476 e. The van der Waals surface area contributed by atoms with E-state index in [0.717, 1.165) is 5.82 Å². The lowest BCUT2D eigenvalue weighted by Crippen LogP contribution is -2.15. The first-order valence-corrected chi connectivity index (χ1v) is 5.25. The SMILES string of the molecule is Cc1nnc(Cn2nnc(C(=O)O)c2CN)n1C. The quantitative estimate of drug-likeness (QED) is 0.708. The summed E-state index contributed by atoms with van der Waals surface area (Å²) in [5.41, 5.74) is 5.76. The molecule has 0 amide bonds. The topological polar surface area (TPSA) is 125 Å². The summed E-state index contributed by atoms with van der Waals surface area (Å²) in [5, 5.41) is 24.2. The van der Waals surface area contributed by atoms with Crippen molar-refractivity contribution < 1.29 is 9.90 Å². The fourth-order valence-electron chi connectivity index (χ4n) is 1.55. The summed E-state index contributed by atoms with van der Waals surface area (Å²) in [6.45, 7) is 2.15. The van der Waals surface area contributed by atoms with E-state index in [0.29, 0.717) is 11.5 Å². The number of aromatic nitrogens is 6. The van der Waals surface area contributed by atoms with Crippen molar-refractivity contribution in [3.05, 3.63) is 23.0 Å². The molecular weight excluding hydrogens is 238 g/mol.